The van der Waals surface area contributed by atoms with Gasteiger partial charge in [0.25, 0.3) is 0 Å². The molecule has 0 amide bonds. The van der Waals surface area contributed by atoms with E-state index in [2.05, 4.69) is 5.43 Å². The van der Waals surface area contributed by atoms with E-state index in [1.807, 2.05) is 37.6 Å². The van der Waals surface area contributed by atoms with Crippen LogP contribution in [0, 0.1) is 25.5 Å². The number of hydrogen-bond acceptors (Lipinski definition) is 1. The van der Waals surface area contributed by atoms with Crippen LogP contribution < -0.4 is 5.43 Å². The van der Waals surface area contributed by atoms with Crippen LogP contribution in [0.25, 0.3) is 0 Å². The number of nitrogens with one attached hydrogen (secondary N) is 1. The van der Waals surface area contributed by atoms with Crippen molar-refractivity contribution in [2.75, 3.05) is 5.43 Å². The molecule has 0 fully saturated rings. The van der Waals surface area contributed by atoms with Crippen LogP contribution in [0.1, 0.15) is 29.9 Å². The number of aromatic nitrogens is 1. The minimum Gasteiger partial charge on any atom is -0.319 e. The van der Waals surface area contributed by atoms with Gasteiger partial charge < -0.3 is 5.43 Å². The van der Waals surface area contributed by atoms with E-state index in [1.54, 1.807) is 0 Å². The number of rotatable bonds is 3. The minimum absolute atomic E-state index is 0.181. The molecule has 0 radical (unpaired) electrons. The molecule has 1 heterocycles. The molecule has 0 aliphatic carbocycles. The maximum atomic E-state index is 13.2. The van der Waals surface area contributed by atoms with E-state index in [-0.39, 0.29) is 6.04 Å². The second-order valence-corrected chi connectivity index (χ2v) is 4.51. The molecule has 0 spiro atoms. The molecule has 2 aromatic rings. The van der Waals surface area contributed by atoms with Crippen molar-refractivity contribution < 1.29 is 8.78 Å². The van der Waals surface area contributed by atoms with Crippen LogP contribution in [0.15, 0.2) is 30.3 Å². The first kappa shape index (κ1) is 12.6. The van der Waals surface area contributed by atoms with Crippen LogP contribution in [0.3, 0.4) is 0 Å². The summed E-state index contributed by atoms with van der Waals surface area (Å²) in [4.78, 5) is 0. The highest BCUT2D eigenvalue weighted by molar-refractivity contribution is 5.24. The average Bonchev–Trinajstić information content (AvgIpc) is 2.59. The molecule has 1 atom stereocenters. The Morgan fingerprint density at radius 3 is 2.00 bits per heavy atom. The van der Waals surface area contributed by atoms with Crippen LogP contribution in [0.2, 0.25) is 0 Å². The summed E-state index contributed by atoms with van der Waals surface area (Å²) in [6.45, 7) is 5.81. The first-order valence-electron chi connectivity index (χ1n) is 5.85. The molecular weight excluding hydrogens is 234 g/mol. The summed E-state index contributed by atoms with van der Waals surface area (Å²) in [5.74, 6) is -1.11. The maximum absolute atomic E-state index is 13.2. The van der Waals surface area contributed by atoms with E-state index in [9.17, 15) is 8.78 Å². The van der Waals surface area contributed by atoms with Crippen LogP contribution in [0.4, 0.5) is 8.78 Å². The van der Waals surface area contributed by atoms with Gasteiger partial charge in [-0.05, 0) is 50.6 Å². The zero-order valence-electron chi connectivity index (χ0n) is 10.7. The predicted octanol–water partition coefficient (Wildman–Crippen LogP) is 3.69. The molecule has 0 aliphatic heterocycles. The lowest BCUT2D eigenvalue weighted by molar-refractivity contribution is 0.574. The number of halogens is 2. The molecule has 2 rings (SSSR count). The van der Waals surface area contributed by atoms with Crippen molar-refractivity contribution in [3.8, 4) is 0 Å². The molecule has 0 aliphatic rings. The fourth-order valence-corrected chi connectivity index (χ4v) is 1.97. The molecule has 18 heavy (non-hydrogen) atoms. The van der Waals surface area contributed by atoms with Crippen molar-refractivity contribution in [2.24, 2.45) is 0 Å². The van der Waals surface area contributed by atoms with E-state index in [0.29, 0.717) is 5.56 Å². The van der Waals surface area contributed by atoms with E-state index in [0.717, 1.165) is 17.5 Å². The Morgan fingerprint density at radius 1 is 1.00 bits per heavy atom. The SMILES string of the molecule is Cc1ccc(C)n1NC(C)c1cc(F)cc(F)c1. The Bertz CT molecular complexity index is 521. The molecule has 96 valence electrons. The third kappa shape index (κ3) is 2.53. The van der Waals surface area contributed by atoms with Gasteiger partial charge in [0.15, 0.2) is 0 Å². The van der Waals surface area contributed by atoms with Gasteiger partial charge in [-0.3, -0.25) is 4.68 Å². The summed E-state index contributed by atoms with van der Waals surface area (Å²) in [7, 11) is 0. The Morgan fingerprint density at radius 2 is 1.50 bits per heavy atom. The summed E-state index contributed by atoms with van der Waals surface area (Å²) >= 11 is 0. The Hall–Kier alpha value is -1.84. The third-order valence-corrected chi connectivity index (χ3v) is 2.98. The fraction of sp³-hybridized carbons (Fsp3) is 0.286. The van der Waals surface area contributed by atoms with E-state index >= 15 is 0 Å². The highest BCUT2D eigenvalue weighted by Crippen LogP contribution is 2.18. The molecule has 1 N–H and O–H groups in total. The van der Waals surface area contributed by atoms with Gasteiger partial charge in [0, 0.05) is 17.5 Å². The molecule has 0 bridgehead atoms. The van der Waals surface area contributed by atoms with E-state index < -0.39 is 11.6 Å². The van der Waals surface area contributed by atoms with Gasteiger partial charge in [-0.1, -0.05) is 0 Å². The Kier molecular flexibility index (Phi) is 3.36. The zero-order chi connectivity index (χ0) is 13.3. The standard InChI is InChI=1S/C14H16F2N2/c1-9-4-5-10(2)18(9)17-11(3)12-6-13(15)8-14(16)7-12/h4-8,11,17H,1-3H3. The molecule has 1 aromatic carbocycles. The van der Waals surface area contributed by atoms with E-state index in [1.165, 1.54) is 12.1 Å². The van der Waals surface area contributed by atoms with Crippen molar-refractivity contribution >= 4 is 0 Å². The van der Waals surface area contributed by atoms with Crippen LogP contribution in [-0.4, -0.2) is 4.68 Å². The van der Waals surface area contributed by atoms with Gasteiger partial charge in [0.2, 0.25) is 0 Å². The minimum atomic E-state index is -0.556. The number of benzene rings is 1. The first-order chi connectivity index (χ1) is 8.47. The Balaban J connectivity index is 2.24. The number of hydrogen-bond donors (Lipinski definition) is 1. The smallest absolute Gasteiger partial charge is 0.126 e. The quantitative estimate of drug-likeness (QED) is 0.879. The molecule has 0 saturated carbocycles. The average molecular weight is 250 g/mol. The van der Waals surface area contributed by atoms with Crippen LogP contribution >= 0.6 is 0 Å². The lowest BCUT2D eigenvalue weighted by Gasteiger charge is -2.20. The van der Waals surface area contributed by atoms with Gasteiger partial charge >= 0.3 is 0 Å². The first-order valence-corrected chi connectivity index (χ1v) is 5.85. The van der Waals surface area contributed by atoms with Crippen molar-refractivity contribution in [3.63, 3.8) is 0 Å². The summed E-state index contributed by atoms with van der Waals surface area (Å²) in [6.07, 6.45) is 0. The van der Waals surface area contributed by atoms with Gasteiger partial charge in [0.1, 0.15) is 11.6 Å². The van der Waals surface area contributed by atoms with Crippen molar-refractivity contribution in [1.82, 2.24) is 4.68 Å². The maximum Gasteiger partial charge on any atom is 0.126 e. The van der Waals surface area contributed by atoms with Crippen LogP contribution in [0.5, 0.6) is 0 Å². The highest BCUT2D eigenvalue weighted by atomic mass is 19.1. The molecule has 4 heteroatoms. The summed E-state index contributed by atoms with van der Waals surface area (Å²) in [6, 6.07) is 7.36. The predicted molar refractivity (Wildman–Crippen MR) is 68.0 cm³/mol. The van der Waals surface area contributed by atoms with Gasteiger partial charge in [-0.15, -0.1) is 0 Å². The summed E-state index contributed by atoms with van der Waals surface area (Å²) in [5.41, 5.74) is 5.90. The number of aryl methyl sites for hydroxylation is 2. The van der Waals surface area contributed by atoms with E-state index in [4.69, 9.17) is 0 Å². The monoisotopic (exact) mass is 250 g/mol. The second kappa shape index (κ2) is 4.80. The van der Waals surface area contributed by atoms with Crippen LogP contribution in [-0.2, 0) is 0 Å². The molecular formula is C14H16F2N2. The second-order valence-electron chi connectivity index (χ2n) is 4.51. The third-order valence-electron chi connectivity index (χ3n) is 2.98. The normalized spacial score (nSPS) is 12.5. The van der Waals surface area contributed by atoms with Gasteiger partial charge in [0.05, 0.1) is 6.04 Å². The summed E-state index contributed by atoms with van der Waals surface area (Å²) < 4.78 is 28.2. The summed E-state index contributed by atoms with van der Waals surface area (Å²) in [5, 5.41) is 0. The van der Waals surface area contributed by atoms with Crippen molar-refractivity contribution in [3.05, 3.63) is 58.9 Å². The van der Waals surface area contributed by atoms with Crippen molar-refractivity contribution in [2.45, 2.75) is 26.8 Å². The largest absolute Gasteiger partial charge is 0.319 e. The lowest BCUT2D eigenvalue weighted by Crippen LogP contribution is -2.21. The molecule has 1 aromatic heterocycles. The zero-order valence-corrected chi connectivity index (χ0v) is 10.7. The molecule has 1 unspecified atom stereocenters. The molecule has 2 nitrogen and oxygen atoms in total. The van der Waals surface area contributed by atoms with Gasteiger partial charge in [-0.25, -0.2) is 8.78 Å². The fourth-order valence-electron chi connectivity index (χ4n) is 1.97. The van der Waals surface area contributed by atoms with Crippen molar-refractivity contribution in [1.29, 1.82) is 0 Å². The lowest BCUT2D eigenvalue weighted by atomic mass is 10.1. The van der Waals surface area contributed by atoms with Gasteiger partial charge in [-0.2, -0.15) is 0 Å². The number of nitrogens with zero attached hydrogens (tertiary/aromatic N) is 1. The Labute approximate surface area is 105 Å². The topological polar surface area (TPSA) is 17.0 Å². The highest BCUT2D eigenvalue weighted by Gasteiger charge is 2.10. The molecule has 0 saturated heterocycles.